The molecule has 2 aromatic rings. The first kappa shape index (κ1) is 17.6. The van der Waals surface area contributed by atoms with E-state index < -0.39 is 0 Å². The smallest absolute Gasteiger partial charge is 0.231 e. The Morgan fingerprint density at radius 3 is 2.61 bits per heavy atom. The van der Waals surface area contributed by atoms with Gasteiger partial charge in [0.2, 0.25) is 5.91 Å². The summed E-state index contributed by atoms with van der Waals surface area (Å²) >= 11 is 1.55. The summed E-state index contributed by atoms with van der Waals surface area (Å²) in [6.45, 7) is 7.49. The largest absolute Gasteiger partial charge is 0.326 e. The monoisotopic (exact) mass is 331 g/mol. The average Bonchev–Trinajstić information content (AvgIpc) is 2.94. The Hall–Kier alpha value is -1.72. The Kier molecular flexibility index (Phi) is 6.30. The topological polar surface area (TPSA) is 45.2 Å². The zero-order valence-corrected chi connectivity index (χ0v) is 15.1. The van der Waals surface area contributed by atoms with Crippen molar-refractivity contribution in [3.05, 3.63) is 46.4 Å². The van der Waals surface area contributed by atoms with E-state index in [-0.39, 0.29) is 5.91 Å². The maximum absolute atomic E-state index is 12.1. The fraction of sp³-hybridized carbons (Fsp3) is 0.444. The lowest BCUT2D eigenvalue weighted by Gasteiger charge is -2.26. The van der Waals surface area contributed by atoms with Gasteiger partial charge in [-0.3, -0.25) is 9.69 Å². The van der Waals surface area contributed by atoms with Gasteiger partial charge >= 0.3 is 0 Å². The molecule has 2 rings (SSSR count). The van der Waals surface area contributed by atoms with Crippen molar-refractivity contribution in [2.24, 2.45) is 5.92 Å². The molecule has 0 spiro atoms. The molecule has 0 aliphatic heterocycles. The molecule has 0 bridgehead atoms. The molecule has 0 saturated heterocycles. The van der Waals surface area contributed by atoms with Crippen molar-refractivity contribution >= 4 is 22.9 Å². The Labute approximate surface area is 142 Å². The van der Waals surface area contributed by atoms with Crippen molar-refractivity contribution in [1.82, 2.24) is 9.88 Å². The first-order valence-corrected chi connectivity index (χ1v) is 8.82. The van der Waals surface area contributed by atoms with Gasteiger partial charge in [-0.1, -0.05) is 32.0 Å². The van der Waals surface area contributed by atoms with Crippen LogP contribution in [0.2, 0.25) is 0 Å². The summed E-state index contributed by atoms with van der Waals surface area (Å²) in [4.78, 5) is 18.9. The van der Waals surface area contributed by atoms with Gasteiger partial charge in [0.05, 0.1) is 12.1 Å². The van der Waals surface area contributed by atoms with Gasteiger partial charge in [0.25, 0.3) is 0 Å². The van der Waals surface area contributed by atoms with E-state index in [1.165, 1.54) is 0 Å². The first-order chi connectivity index (χ1) is 11.0. The molecule has 5 heteroatoms. The standard InChI is InChI=1S/C18H25N3OS/c1-13(2)14(3)21(4)11-16-12-23-18(20-16)10-17(22)19-15-8-6-5-7-9-15/h5-9,12-14H,10-11H2,1-4H3,(H,19,22). The summed E-state index contributed by atoms with van der Waals surface area (Å²) in [6, 6.07) is 10.0. The Morgan fingerprint density at radius 1 is 1.26 bits per heavy atom. The van der Waals surface area contributed by atoms with Crippen LogP contribution in [0.15, 0.2) is 35.7 Å². The number of amides is 1. The number of anilines is 1. The second-order valence-corrected chi connectivity index (χ2v) is 7.17. The minimum absolute atomic E-state index is 0.0268. The Morgan fingerprint density at radius 2 is 1.96 bits per heavy atom. The molecule has 1 amide bonds. The molecule has 0 fully saturated rings. The van der Waals surface area contributed by atoms with Crippen LogP contribution in [0.3, 0.4) is 0 Å². The van der Waals surface area contributed by atoms with Gasteiger partial charge in [0.1, 0.15) is 5.01 Å². The highest BCUT2D eigenvalue weighted by Gasteiger charge is 2.15. The van der Waals surface area contributed by atoms with Crippen molar-refractivity contribution < 1.29 is 4.79 Å². The molecule has 1 aromatic heterocycles. The third-order valence-corrected chi connectivity index (χ3v) is 4.94. The number of nitrogens with one attached hydrogen (secondary N) is 1. The zero-order valence-electron chi connectivity index (χ0n) is 14.2. The fourth-order valence-corrected chi connectivity index (χ4v) is 3.06. The van der Waals surface area contributed by atoms with Crippen LogP contribution in [0.1, 0.15) is 31.5 Å². The number of hydrogen-bond acceptors (Lipinski definition) is 4. The highest BCUT2D eigenvalue weighted by Crippen LogP contribution is 2.16. The third-order valence-electron chi connectivity index (χ3n) is 4.04. The van der Waals surface area contributed by atoms with Crippen molar-refractivity contribution in [2.75, 3.05) is 12.4 Å². The number of rotatable bonds is 7. The van der Waals surface area contributed by atoms with E-state index in [4.69, 9.17) is 0 Å². The molecule has 1 atom stereocenters. The van der Waals surface area contributed by atoms with Crippen molar-refractivity contribution in [3.8, 4) is 0 Å². The number of thiazole rings is 1. The van der Waals surface area contributed by atoms with Crippen LogP contribution < -0.4 is 5.32 Å². The van der Waals surface area contributed by atoms with Crippen LogP contribution in [0.25, 0.3) is 0 Å². The highest BCUT2D eigenvalue weighted by atomic mass is 32.1. The van der Waals surface area contributed by atoms with Crippen molar-refractivity contribution in [3.63, 3.8) is 0 Å². The van der Waals surface area contributed by atoms with E-state index in [0.717, 1.165) is 22.9 Å². The van der Waals surface area contributed by atoms with Crippen molar-refractivity contribution in [1.29, 1.82) is 0 Å². The van der Waals surface area contributed by atoms with Gasteiger partial charge < -0.3 is 5.32 Å². The van der Waals surface area contributed by atoms with Crippen LogP contribution in [0.5, 0.6) is 0 Å². The molecule has 0 aliphatic rings. The molecule has 1 aromatic carbocycles. The minimum atomic E-state index is -0.0268. The maximum Gasteiger partial charge on any atom is 0.231 e. The summed E-state index contributed by atoms with van der Waals surface area (Å²) in [6.07, 6.45) is 0.322. The van der Waals surface area contributed by atoms with Gasteiger partial charge in [0.15, 0.2) is 0 Å². The van der Waals surface area contributed by atoms with Crippen LogP contribution in [-0.2, 0) is 17.8 Å². The third kappa shape index (κ3) is 5.44. The minimum Gasteiger partial charge on any atom is -0.326 e. The number of aromatic nitrogens is 1. The molecule has 1 N–H and O–H groups in total. The Bertz CT molecular complexity index is 624. The average molecular weight is 331 g/mol. The van der Waals surface area contributed by atoms with Crippen LogP contribution >= 0.6 is 11.3 Å². The molecule has 0 saturated carbocycles. The fourth-order valence-electron chi connectivity index (χ4n) is 2.28. The summed E-state index contributed by atoms with van der Waals surface area (Å²) in [5.74, 6) is 0.579. The Balaban J connectivity index is 1.88. The number of para-hydroxylation sites is 1. The molecule has 0 radical (unpaired) electrons. The van der Waals surface area contributed by atoms with Crippen molar-refractivity contribution in [2.45, 2.75) is 39.8 Å². The predicted molar refractivity (Wildman–Crippen MR) is 96.7 cm³/mol. The van der Waals surface area contributed by atoms with Gasteiger partial charge in [-0.2, -0.15) is 0 Å². The van der Waals surface area contributed by atoms with Gasteiger partial charge in [-0.05, 0) is 32.0 Å². The van der Waals surface area contributed by atoms with E-state index in [1.54, 1.807) is 11.3 Å². The van der Waals surface area contributed by atoms with E-state index in [9.17, 15) is 4.79 Å². The highest BCUT2D eigenvalue weighted by molar-refractivity contribution is 7.09. The number of nitrogens with zero attached hydrogens (tertiary/aromatic N) is 2. The lowest BCUT2D eigenvalue weighted by molar-refractivity contribution is -0.115. The molecular weight excluding hydrogens is 306 g/mol. The van der Waals surface area contributed by atoms with Gasteiger partial charge in [-0.25, -0.2) is 4.98 Å². The van der Waals surface area contributed by atoms with Crippen LogP contribution in [-0.4, -0.2) is 28.9 Å². The summed E-state index contributed by atoms with van der Waals surface area (Å²) in [5, 5.41) is 5.80. The van der Waals surface area contributed by atoms with E-state index in [1.807, 2.05) is 30.3 Å². The van der Waals surface area contributed by atoms with E-state index in [0.29, 0.717) is 18.4 Å². The number of hydrogen-bond donors (Lipinski definition) is 1. The van der Waals surface area contributed by atoms with E-state index >= 15 is 0 Å². The van der Waals surface area contributed by atoms with Gasteiger partial charge in [-0.15, -0.1) is 11.3 Å². The number of carbonyl (C=O) groups is 1. The molecule has 4 nitrogen and oxygen atoms in total. The SMILES string of the molecule is CC(C)C(C)N(C)Cc1csc(CC(=O)Nc2ccccc2)n1. The maximum atomic E-state index is 12.1. The second kappa shape index (κ2) is 8.22. The summed E-state index contributed by atoms with van der Waals surface area (Å²) < 4.78 is 0. The summed E-state index contributed by atoms with van der Waals surface area (Å²) in [7, 11) is 2.12. The molecule has 23 heavy (non-hydrogen) atoms. The number of carbonyl (C=O) groups excluding carboxylic acids is 1. The molecule has 1 unspecified atom stereocenters. The molecular formula is C18H25N3OS. The first-order valence-electron chi connectivity index (χ1n) is 7.94. The second-order valence-electron chi connectivity index (χ2n) is 6.22. The summed E-state index contributed by atoms with van der Waals surface area (Å²) in [5.41, 5.74) is 1.85. The zero-order chi connectivity index (χ0) is 16.8. The molecule has 1 heterocycles. The normalized spacial score (nSPS) is 12.6. The van der Waals surface area contributed by atoms with E-state index in [2.05, 4.69) is 48.4 Å². The van der Waals surface area contributed by atoms with Gasteiger partial charge in [0, 0.05) is 23.7 Å². The van der Waals surface area contributed by atoms with Crippen LogP contribution in [0.4, 0.5) is 5.69 Å². The lowest BCUT2D eigenvalue weighted by atomic mass is 10.1. The molecule has 124 valence electrons. The lowest BCUT2D eigenvalue weighted by Crippen LogP contribution is -2.32. The number of benzene rings is 1. The quantitative estimate of drug-likeness (QED) is 0.839. The predicted octanol–water partition coefficient (Wildman–Crippen LogP) is 3.80. The van der Waals surface area contributed by atoms with Crippen LogP contribution in [0, 0.1) is 5.92 Å². The molecule has 0 aliphatic carbocycles.